The van der Waals surface area contributed by atoms with Crippen molar-refractivity contribution in [3.63, 3.8) is 0 Å². The van der Waals surface area contributed by atoms with E-state index in [-0.39, 0.29) is 16.8 Å². The van der Waals surface area contributed by atoms with Crippen LogP contribution in [-0.2, 0) is 21.2 Å². The lowest BCUT2D eigenvalue weighted by atomic mass is 10.1. The fourth-order valence-corrected chi connectivity index (χ4v) is 5.36. The highest BCUT2D eigenvalue weighted by atomic mass is 35.5. The topological polar surface area (TPSA) is 100 Å². The van der Waals surface area contributed by atoms with Gasteiger partial charge in [0.2, 0.25) is 15.9 Å². The summed E-state index contributed by atoms with van der Waals surface area (Å²) in [6.07, 6.45) is 2.55. The maximum absolute atomic E-state index is 12.7. The summed E-state index contributed by atoms with van der Waals surface area (Å²) < 4.78 is 28.2. The van der Waals surface area contributed by atoms with Gasteiger partial charge in [-0.05, 0) is 60.9 Å². The molecular formula is C28H29ClN4O3S. The van der Waals surface area contributed by atoms with Crippen LogP contribution in [0, 0.1) is 0 Å². The van der Waals surface area contributed by atoms with Crippen molar-refractivity contribution in [2.75, 3.05) is 18.4 Å². The molecular weight excluding hydrogens is 508 g/mol. The number of benzene rings is 3. The standard InChI is InChI=1S/C28H29ClN4O3S/c1-20(22-5-3-2-4-6-22)33-37(35,36)24-11-7-21(8-12-24)9-14-28(34)32-18-17-31-26-15-16-30-27-19-23(29)10-13-25(26)27/h2-8,10-13,15-16,19-20,33H,9,14,17-18H2,1H3,(H,30,31)(H,32,34)/t20-/m1/s1. The molecule has 7 nitrogen and oxygen atoms in total. The van der Waals surface area contributed by atoms with Gasteiger partial charge in [0.25, 0.3) is 0 Å². The highest BCUT2D eigenvalue weighted by Gasteiger charge is 2.18. The zero-order valence-electron chi connectivity index (χ0n) is 20.4. The van der Waals surface area contributed by atoms with Crippen molar-refractivity contribution < 1.29 is 13.2 Å². The molecule has 1 amide bonds. The van der Waals surface area contributed by atoms with Crippen LogP contribution >= 0.6 is 11.6 Å². The second-order valence-corrected chi connectivity index (χ2v) is 10.8. The molecule has 3 N–H and O–H groups in total. The third kappa shape index (κ3) is 7.29. The van der Waals surface area contributed by atoms with Gasteiger partial charge < -0.3 is 10.6 Å². The Morgan fingerprint density at radius 1 is 0.973 bits per heavy atom. The van der Waals surface area contributed by atoms with E-state index in [0.717, 1.165) is 27.7 Å². The van der Waals surface area contributed by atoms with Crippen LogP contribution in [0.5, 0.6) is 0 Å². The molecule has 0 aliphatic carbocycles. The summed E-state index contributed by atoms with van der Waals surface area (Å²) in [6, 6.07) is 23.1. The number of nitrogens with zero attached hydrogens (tertiary/aromatic N) is 1. The molecule has 0 unspecified atom stereocenters. The Hall–Kier alpha value is -3.46. The Balaban J connectivity index is 1.22. The van der Waals surface area contributed by atoms with Crippen LogP contribution in [0.25, 0.3) is 10.9 Å². The summed E-state index contributed by atoms with van der Waals surface area (Å²) in [5.41, 5.74) is 3.52. The van der Waals surface area contributed by atoms with Gasteiger partial charge in [0, 0.05) is 47.8 Å². The van der Waals surface area contributed by atoms with Crippen molar-refractivity contribution in [1.29, 1.82) is 0 Å². The van der Waals surface area contributed by atoms with Gasteiger partial charge in [-0.1, -0.05) is 54.1 Å². The summed E-state index contributed by atoms with van der Waals surface area (Å²) in [4.78, 5) is 16.8. The molecule has 0 bridgehead atoms. The number of rotatable bonds is 11. The van der Waals surface area contributed by atoms with E-state index in [1.165, 1.54) is 0 Å². The van der Waals surface area contributed by atoms with Crippen LogP contribution in [0.2, 0.25) is 5.02 Å². The van der Waals surface area contributed by atoms with Gasteiger partial charge in [0.15, 0.2) is 0 Å². The number of aryl methyl sites for hydroxylation is 1. The lowest BCUT2D eigenvalue weighted by Gasteiger charge is -2.15. The minimum absolute atomic E-state index is 0.0665. The maximum Gasteiger partial charge on any atom is 0.241 e. The fraction of sp³-hybridized carbons (Fsp3) is 0.214. The van der Waals surface area contributed by atoms with E-state index in [2.05, 4.69) is 20.3 Å². The molecule has 0 fully saturated rings. The molecule has 1 atom stereocenters. The second kappa shape index (κ2) is 12.2. The van der Waals surface area contributed by atoms with Crippen LogP contribution < -0.4 is 15.4 Å². The number of halogens is 1. The number of sulfonamides is 1. The Morgan fingerprint density at radius 2 is 1.73 bits per heavy atom. The van der Waals surface area contributed by atoms with Crippen molar-refractivity contribution >= 4 is 44.1 Å². The number of amides is 1. The largest absolute Gasteiger partial charge is 0.383 e. The first-order chi connectivity index (χ1) is 17.8. The molecule has 0 aliphatic rings. The Morgan fingerprint density at radius 3 is 2.49 bits per heavy atom. The molecule has 4 rings (SSSR count). The molecule has 1 heterocycles. The normalized spacial score (nSPS) is 12.3. The van der Waals surface area contributed by atoms with E-state index >= 15 is 0 Å². The molecule has 3 aromatic carbocycles. The van der Waals surface area contributed by atoms with Gasteiger partial charge in [-0.3, -0.25) is 9.78 Å². The number of aromatic nitrogens is 1. The smallest absolute Gasteiger partial charge is 0.241 e. The Labute approximate surface area is 222 Å². The average molecular weight is 537 g/mol. The van der Waals surface area contributed by atoms with Crippen LogP contribution in [0.3, 0.4) is 0 Å². The van der Waals surface area contributed by atoms with Crippen molar-refractivity contribution in [3.8, 4) is 0 Å². The van der Waals surface area contributed by atoms with Crippen molar-refractivity contribution in [3.05, 3.63) is 101 Å². The molecule has 0 spiro atoms. The molecule has 4 aromatic rings. The van der Waals surface area contributed by atoms with E-state index < -0.39 is 10.0 Å². The van der Waals surface area contributed by atoms with Gasteiger partial charge in [0.05, 0.1) is 10.4 Å². The number of pyridine rings is 1. The summed E-state index contributed by atoms with van der Waals surface area (Å²) in [6.45, 7) is 2.85. The predicted molar refractivity (Wildman–Crippen MR) is 148 cm³/mol. The number of carbonyl (C=O) groups excluding carboxylic acids is 1. The summed E-state index contributed by atoms with van der Waals surface area (Å²) in [5, 5.41) is 7.83. The van der Waals surface area contributed by atoms with E-state index in [0.29, 0.717) is 31.0 Å². The first-order valence-corrected chi connectivity index (χ1v) is 13.9. The SMILES string of the molecule is C[C@@H](NS(=O)(=O)c1ccc(CCC(=O)NCCNc2ccnc3cc(Cl)ccc23)cc1)c1ccccc1. The van der Waals surface area contributed by atoms with Crippen LogP contribution in [0.15, 0.2) is 90.0 Å². The lowest BCUT2D eigenvalue weighted by Crippen LogP contribution is -2.29. The van der Waals surface area contributed by atoms with E-state index in [4.69, 9.17) is 11.6 Å². The van der Waals surface area contributed by atoms with E-state index in [9.17, 15) is 13.2 Å². The van der Waals surface area contributed by atoms with Gasteiger partial charge in [-0.25, -0.2) is 13.1 Å². The number of fused-ring (bicyclic) bond motifs is 1. The molecule has 0 saturated heterocycles. The highest BCUT2D eigenvalue weighted by Crippen LogP contribution is 2.24. The molecule has 192 valence electrons. The molecule has 0 aliphatic heterocycles. The van der Waals surface area contributed by atoms with Gasteiger partial charge >= 0.3 is 0 Å². The average Bonchev–Trinajstić information content (AvgIpc) is 2.90. The number of hydrogen-bond donors (Lipinski definition) is 3. The zero-order chi connectivity index (χ0) is 26.3. The van der Waals surface area contributed by atoms with Gasteiger partial charge in [-0.15, -0.1) is 0 Å². The number of nitrogens with one attached hydrogen (secondary N) is 3. The predicted octanol–water partition coefficient (Wildman–Crippen LogP) is 5.09. The fourth-order valence-electron chi connectivity index (χ4n) is 3.97. The quantitative estimate of drug-likeness (QED) is 0.232. The van der Waals surface area contributed by atoms with E-state index in [1.807, 2.05) is 61.5 Å². The van der Waals surface area contributed by atoms with Crippen molar-refractivity contribution in [1.82, 2.24) is 15.0 Å². The Bertz CT molecular complexity index is 1460. The van der Waals surface area contributed by atoms with Crippen molar-refractivity contribution in [2.24, 2.45) is 0 Å². The molecule has 9 heteroatoms. The summed E-state index contributed by atoms with van der Waals surface area (Å²) >= 11 is 6.04. The Kier molecular flexibility index (Phi) is 8.76. The molecule has 0 saturated carbocycles. The summed E-state index contributed by atoms with van der Waals surface area (Å²) in [5.74, 6) is -0.0665. The van der Waals surface area contributed by atoms with Crippen molar-refractivity contribution in [2.45, 2.75) is 30.7 Å². The highest BCUT2D eigenvalue weighted by molar-refractivity contribution is 7.89. The number of carbonyl (C=O) groups is 1. The van der Waals surface area contributed by atoms with Gasteiger partial charge in [-0.2, -0.15) is 0 Å². The van der Waals surface area contributed by atoms with Gasteiger partial charge in [0.1, 0.15) is 0 Å². The lowest BCUT2D eigenvalue weighted by molar-refractivity contribution is -0.120. The summed E-state index contributed by atoms with van der Waals surface area (Å²) in [7, 11) is -3.66. The second-order valence-electron chi connectivity index (χ2n) is 8.69. The van der Waals surface area contributed by atoms with Crippen LogP contribution in [0.4, 0.5) is 5.69 Å². The molecule has 0 radical (unpaired) electrons. The van der Waals surface area contributed by atoms with Crippen LogP contribution in [0.1, 0.15) is 30.5 Å². The minimum atomic E-state index is -3.66. The number of hydrogen-bond acceptors (Lipinski definition) is 5. The first-order valence-electron chi connectivity index (χ1n) is 12.0. The van der Waals surface area contributed by atoms with E-state index in [1.54, 1.807) is 30.5 Å². The zero-order valence-corrected chi connectivity index (χ0v) is 22.0. The first kappa shape index (κ1) is 26.6. The maximum atomic E-state index is 12.7. The van der Waals surface area contributed by atoms with Crippen LogP contribution in [-0.4, -0.2) is 32.4 Å². The third-order valence-corrected chi connectivity index (χ3v) is 7.77. The molecule has 37 heavy (non-hydrogen) atoms. The minimum Gasteiger partial charge on any atom is -0.383 e. The number of anilines is 1. The monoisotopic (exact) mass is 536 g/mol. The third-order valence-electron chi connectivity index (χ3n) is 5.97. The molecule has 1 aromatic heterocycles.